The number of esters is 1. The molecular formula is C22H22N2O3. The second-order valence-electron chi connectivity index (χ2n) is 5.97. The minimum Gasteiger partial charge on any atom is -0.463 e. The van der Waals surface area contributed by atoms with Gasteiger partial charge in [0, 0.05) is 18.2 Å². The predicted molar refractivity (Wildman–Crippen MR) is 106 cm³/mol. The highest BCUT2D eigenvalue weighted by atomic mass is 16.5. The predicted octanol–water partition coefficient (Wildman–Crippen LogP) is 5.13. The highest BCUT2D eigenvalue weighted by Gasteiger charge is 2.04. The van der Waals surface area contributed by atoms with Crippen LogP contribution in [0.15, 0.2) is 61.2 Å². The maximum Gasteiger partial charge on any atom is 0.330 e. The molecular weight excluding hydrogens is 340 g/mol. The standard InChI is InChI=1S/C22H22N2O3/c1-3-22(26)27-16-6-4-5-7-21(25)24-20-14-10-18(11-15-20)17-8-12-19(23-2)13-9-17/h3,8-15H,1,4-7,16H2,(H,24,25). The van der Waals surface area contributed by atoms with Crippen molar-refractivity contribution in [2.75, 3.05) is 11.9 Å². The quantitative estimate of drug-likeness (QED) is 0.291. The van der Waals surface area contributed by atoms with Crippen LogP contribution in [0.4, 0.5) is 11.4 Å². The van der Waals surface area contributed by atoms with E-state index < -0.39 is 5.97 Å². The van der Waals surface area contributed by atoms with Gasteiger partial charge in [-0.2, -0.15) is 0 Å². The Morgan fingerprint density at radius 3 is 2.22 bits per heavy atom. The zero-order valence-corrected chi connectivity index (χ0v) is 15.1. The van der Waals surface area contributed by atoms with Crippen molar-refractivity contribution in [2.24, 2.45) is 0 Å². The fourth-order valence-electron chi connectivity index (χ4n) is 2.49. The first-order valence-corrected chi connectivity index (χ1v) is 8.79. The van der Waals surface area contributed by atoms with Gasteiger partial charge in [-0.3, -0.25) is 4.79 Å². The lowest BCUT2D eigenvalue weighted by atomic mass is 10.1. The summed E-state index contributed by atoms with van der Waals surface area (Å²) in [5, 5.41) is 2.88. The molecule has 0 aliphatic heterocycles. The molecule has 0 aliphatic carbocycles. The molecule has 138 valence electrons. The highest BCUT2D eigenvalue weighted by molar-refractivity contribution is 5.91. The molecule has 1 amide bonds. The van der Waals surface area contributed by atoms with Gasteiger partial charge in [-0.15, -0.1) is 0 Å². The molecule has 0 atom stereocenters. The molecule has 2 aromatic carbocycles. The summed E-state index contributed by atoms with van der Waals surface area (Å²) in [6.07, 6.45) is 3.85. The first-order chi connectivity index (χ1) is 13.1. The van der Waals surface area contributed by atoms with Crippen LogP contribution in [-0.4, -0.2) is 18.5 Å². The molecule has 5 heteroatoms. The minimum atomic E-state index is -0.418. The van der Waals surface area contributed by atoms with Gasteiger partial charge in [0.25, 0.3) is 0 Å². The van der Waals surface area contributed by atoms with Crippen LogP contribution in [-0.2, 0) is 14.3 Å². The zero-order valence-electron chi connectivity index (χ0n) is 15.1. The summed E-state index contributed by atoms with van der Waals surface area (Å²) < 4.78 is 4.88. The number of amides is 1. The number of hydrogen-bond acceptors (Lipinski definition) is 3. The number of carbonyl (C=O) groups excluding carboxylic acids is 2. The summed E-state index contributed by atoms with van der Waals surface area (Å²) in [5.41, 5.74) is 3.42. The van der Waals surface area contributed by atoms with Crippen molar-refractivity contribution < 1.29 is 14.3 Å². The van der Waals surface area contributed by atoms with Crippen LogP contribution in [0.3, 0.4) is 0 Å². The average Bonchev–Trinajstić information content (AvgIpc) is 2.71. The van der Waals surface area contributed by atoms with Crippen molar-refractivity contribution in [3.63, 3.8) is 0 Å². The van der Waals surface area contributed by atoms with Crippen LogP contribution in [0.2, 0.25) is 0 Å². The largest absolute Gasteiger partial charge is 0.463 e. The monoisotopic (exact) mass is 362 g/mol. The Hall–Kier alpha value is -3.39. The maximum absolute atomic E-state index is 12.0. The molecule has 0 spiro atoms. The van der Waals surface area contributed by atoms with Crippen molar-refractivity contribution in [2.45, 2.75) is 25.7 Å². The normalized spacial score (nSPS) is 9.89. The van der Waals surface area contributed by atoms with E-state index in [9.17, 15) is 9.59 Å². The van der Waals surface area contributed by atoms with Crippen molar-refractivity contribution in [1.82, 2.24) is 0 Å². The van der Waals surface area contributed by atoms with Gasteiger partial charge in [-0.05, 0) is 42.5 Å². The van der Waals surface area contributed by atoms with E-state index in [-0.39, 0.29) is 5.91 Å². The van der Waals surface area contributed by atoms with Crippen molar-refractivity contribution in [1.29, 1.82) is 0 Å². The van der Waals surface area contributed by atoms with Crippen LogP contribution in [0.25, 0.3) is 16.0 Å². The number of carbonyl (C=O) groups is 2. The Bertz CT molecular complexity index is 818. The molecule has 1 N–H and O–H groups in total. The highest BCUT2D eigenvalue weighted by Crippen LogP contribution is 2.24. The third-order valence-corrected chi connectivity index (χ3v) is 3.96. The van der Waals surface area contributed by atoms with Gasteiger partial charge >= 0.3 is 5.97 Å². The molecule has 2 rings (SSSR count). The van der Waals surface area contributed by atoms with Crippen molar-refractivity contribution in [3.8, 4) is 11.1 Å². The number of ether oxygens (including phenoxy) is 1. The summed E-state index contributed by atoms with van der Waals surface area (Å²) in [6, 6.07) is 15.0. The van der Waals surface area contributed by atoms with E-state index >= 15 is 0 Å². The molecule has 0 unspecified atom stereocenters. The Kier molecular flexibility index (Phi) is 7.80. The Morgan fingerprint density at radius 1 is 1.00 bits per heavy atom. The number of benzene rings is 2. The van der Waals surface area contributed by atoms with Crippen LogP contribution in [0, 0.1) is 6.57 Å². The van der Waals surface area contributed by atoms with Crippen LogP contribution in [0.5, 0.6) is 0 Å². The fraction of sp³-hybridized carbons (Fsp3) is 0.227. The Balaban J connectivity index is 1.73. The Labute approximate surface area is 159 Å². The van der Waals surface area contributed by atoms with Crippen LogP contribution >= 0.6 is 0 Å². The minimum absolute atomic E-state index is 0.0350. The lowest BCUT2D eigenvalue weighted by Crippen LogP contribution is -2.11. The summed E-state index contributed by atoms with van der Waals surface area (Å²) in [4.78, 5) is 26.3. The number of nitrogens with zero attached hydrogens (tertiary/aromatic N) is 1. The Morgan fingerprint density at radius 2 is 1.63 bits per heavy atom. The van der Waals surface area contributed by atoms with E-state index in [4.69, 9.17) is 11.3 Å². The van der Waals surface area contributed by atoms with Gasteiger partial charge in [0.15, 0.2) is 5.69 Å². The van der Waals surface area contributed by atoms with Gasteiger partial charge < -0.3 is 10.1 Å². The average molecular weight is 362 g/mol. The zero-order chi connectivity index (χ0) is 19.5. The molecule has 0 aromatic heterocycles. The number of nitrogens with one attached hydrogen (secondary N) is 1. The van der Waals surface area contributed by atoms with Gasteiger partial charge in [-0.25, -0.2) is 9.64 Å². The lowest BCUT2D eigenvalue weighted by molar-refractivity contribution is -0.137. The second kappa shape index (κ2) is 10.6. The molecule has 5 nitrogen and oxygen atoms in total. The van der Waals surface area contributed by atoms with Crippen molar-refractivity contribution >= 4 is 23.3 Å². The summed E-state index contributed by atoms with van der Waals surface area (Å²) in [7, 11) is 0. The molecule has 0 aliphatic rings. The first-order valence-electron chi connectivity index (χ1n) is 8.79. The van der Waals surface area contributed by atoms with E-state index in [1.165, 1.54) is 0 Å². The number of rotatable bonds is 9. The first kappa shape index (κ1) is 19.9. The van der Waals surface area contributed by atoms with Gasteiger partial charge in [0.1, 0.15) is 0 Å². The summed E-state index contributed by atoms with van der Waals surface area (Å²) >= 11 is 0. The topological polar surface area (TPSA) is 59.8 Å². The lowest BCUT2D eigenvalue weighted by Gasteiger charge is -2.07. The molecule has 0 saturated heterocycles. The summed E-state index contributed by atoms with van der Waals surface area (Å²) in [5.74, 6) is -0.453. The SMILES string of the molecule is [C-]#[N+]c1ccc(-c2ccc(NC(=O)CCCCCOC(=O)C=C)cc2)cc1. The van der Waals surface area contributed by atoms with Crippen LogP contribution < -0.4 is 5.32 Å². The molecule has 0 radical (unpaired) electrons. The smallest absolute Gasteiger partial charge is 0.330 e. The van der Waals surface area contributed by atoms with Crippen LogP contribution in [0.1, 0.15) is 25.7 Å². The molecule has 27 heavy (non-hydrogen) atoms. The van der Waals surface area contributed by atoms with Crippen molar-refractivity contribution in [3.05, 3.63) is 72.6 Å². The molecule has 2 aromatic rings. The van der Waals surface area contributed by atoms with E-state index in [0.29, 0.717) is 18.7 Å². The molecule has 0 bridgehead atoms. The number of anilines is 1. The summed E-state index contributed by atoms with van der Waals surface area (Å²) in [6.45, 7) is 10.7. The second-order valence-corrected chi connectivity index (χ2v) is 5.97. The van der Waals surface area contributed by atoms with Gasteiger partial charge in [0.2, 0.25) is 5.91 Å². The van der Waals surface area contributed by atoms with E-state index in [1.807, 2.05) is 36.4 Å². The van der Waals surface area contributed by atoms with E-state index in [0.717, 1.165) is 42.2 Å². The third-order valence-electron chi connectivity index (χ3n) is 3.96. The third kappa shape index (κ3) is 6.79. The van der Waals surface area contributed by atoms with E-state index in [1.54, 1.807) is 12.1 Å². The fourth-order valence-corrected chi connectivity index (χ4v) is 2.49. The van der Waals surface area contributed by atoms with E-state index in [2.05, 4.69) is 16.7 Å². The number of unbranched alkanes of at least 4 members (excludes halogenated alkanes) is 2. The maximum atomic E-state index is 12.0. The molecule has 0 saturated carbocycles. The molecule has 0 fully saturated rings. The van der Waals surface area contributed by atoms with Gasteiger partial charge in [-0.1, -0.05) is 43.0 Å². The number of hydrogen-bond donors (Lipinski definition) is 1. The molecule has 0 heterocycles. The van der Waals surface area contributed by atoms with Gasteiger partial charge in [0.05, 0.1) is 13.2 Å².